The summed E-state index contributed by atoms with van der Waals surface area (Å²) in [5, 5.41) is 39.4. The number of aliphatic hydroxyl groups excluding tert-OH is 1. The number of carbonyl (C=O) groups excluding carboxylic acids is 4. The number of ether oxygens (including phenoxy) is 1. The summed E-state index contributed by atoms with van der Waals surface area (Å²) in [5.74, 6) is 0.634. The highest BCUT2D eigenvalue weighted by Gasteiger charge is 2.44. The molecule has 0 radical (unpaired) electrons. The standard InChI is InChI=1S/C62H80ClN5O8S/c1-43-58(77-42-66-43)48-21-19-44(20-22-48)40-65-60(74)54-39-51(71)41-68(54)61(75)59(62(2,3)4)67-56(73)18-16-14-12-10-8-6-5-7-9-11-13-15-17-55(72)64-37-38-76-52-33-27-47(28-34-52)57(46-25-31-50(70)32-26-46)53(35-36-63)45-23-29-49(69)30-24-45/h19-34,42,51,54,59,69-71H,5-18,35-41H2,1-4H3,(H,64,72)(H,65,74)(H,67,73)/t51-,54+,59?/m1/s1. The number of nitrogens with one attached hydrogen (secondary N) is 3. The summed E-state index contributed by atoms with van der Waals surface area (Å²) in [6, 6.07) is 28.2. The van der Waals surface area contributed by atoms with Crippen molar-refractivity contribution in [3.05, 3.63) is 131 Å². The average Bonchev–Trinajstić information content (AvgIpc) is 4.06. The topological polar surface area (TPSA) is 190 Å². The van der Waals surface area contributed by atoms with E-state index in [0.717, 1.165) is 107 Å². The molecule has 0 saturated carbocycles. The van der Waals surface area contributed by atoms with E-state index in [-0.39, 0.29) is 54.6 Å². The predicted molar refractivity (Wildman–Crippen MR) is 309 cm³/mol. The fraction of sp³-hybridized carbons (Fsp3) is 0.468. The van der Waals surface area contributed by atoms with Gasteiger partial charge in [-0.15, -0.1) is 22.9 Å². The van der Waals surface area contributed by atoms with Gasteiger partial charge in [0.1, 0.15) is 35.9 Å². The number of aliphatic hydroxyl groups is 1. The molecule has 1 fully saturated rings. The third-order valence-electron chi connectivity index (χ3n) is 14.1. The number of halogens is 1. The van der Waals surface area contributed by atoms with Gasteiger partial charge in [0.05, 0.1) is 28.7 Å². The van der Waals surface area contributed by atoms with E-state index in [0.29, 0.717) is 44.0 Å². The van der Waals surface area contributed by atoms with Crippen molar-refractivity contribution in [3.8, 4) is 27.7 Å². The van der Waals surface area contributed by atoms with Crippen molar-refractivity contribution in [1.29, 1.82) is 0 Å². The van der Waals surface area contributed by atoms with Gasteiger partial charge in [-0.05, 0) is 107 Å². The first-order valence-corrected chi connectivity index (χ1v) is 29.0. The second kappa shape index (κ2) is 30.6. The molecule has 6 rings (SSSR count). The van der Waals surface area contributed by atoms with Crippen molar-refractivity contribution in [3.63, 3.8) is 0 Å². The zero-order chi connectivity index (χ0) is 55.2. The number of nitrogens with zero attached hydrogens (tertiary/aromatic N) is 2. The quantitative estimate of drug-likeness (QED) is 0.0148. The SMILES string of the molecule is Cc1ncsc1-c1ccc(CNC(=O)[C@@H]2C[C@@H](O)CN2C(=O)C(NC(=O)CCCCCCCCCCCCCCC(=O)NCCOc2ccc(C(=C(CCCl)c3ccc(O)cc3)c3ccc(O)cc3)cc2)C(C)(C)C)cc1. The lowest BCUT2D eigenvalue weighted by Crippen LogP contribution is -2.57. The Balaban J connectivity index is 0.784. The number of aryl methyl sites for hydroxylation is 1. The number of unbranched alkanes of at least 4 members (excludes halogenated alkanes) is 11. The third kappa shape index (κ3) is 19.0. The van der Waals surface area contributed by atoms with Gasteiger partial charge in [-0.2, -0.15) is 0 Å². The fourth-order valence-corrected chi connectivity index (χ4v) is 10.8. The number of phenolic OH excluding ortho intramolecular Hbond substituents is 2. The summed E-state index contributed by atoms with van der Waals surface area (Å²) in [4.78, 5) is 60.0. The van der Waals surface area contributed by atoms with Gasteiger partial charge in [-0.3, -0.25) is 19.2 Å². The minimum atomic E-state index is -0.841. The number of hydrogen-bond donors (Lipinski definition) is 6. The first kappa shape index (κ1) is 60.0. The molecule has 0 spiro atoms. The summed E-state index contributed by atoms with van der Waals surface area (Å²) in [5.41, 5.74) is 8.99. The second-order valence-electron chi connectivity index (χ2n) is 21.3. The van der Waals surface area contributed by atoms with Crippen LogP contribution in [0.4, 0.5) is 0 Å². The van der Waals surface area contributed by atoms with E-state index in [4.69, 9.17) is 16.3 Å². The molecule has 5 aromatic rings. The Kier molecular flexibility index (Phi) is 23.9. The molecule has 15 heteroatoms. The van der Waals surface area contributed by atoms with Crippen LogP contribution in [0.2, 0.25) is 0 Å². The van der Waals surface area contributed by atoms with Crippen LogP contribution in [-0.2, 0) is 25.7 Å². The normalized spacial score (nSPS) is 15.2. The number of β-amino-alcohol motifs (C(OH)–C–C–N with tert-alkyl or cyclic N) is 1. The largest absolute Gasteiger partial charge is 0.508 e. The van der Waals surface area contributed by atoms with Crippen LogP contribution in [0.25, 0.3) is 21.6 Å². The van der Waals surface area contributed by atoms with Crippen molar-refractivity contribution >= 4 is 57.7 Å². The maximum atomic E-state index is 14.0. The van der Waals surface area contributed by atoms with Gasteiger partial charge in [0.25, 0.3) is 0 Å². The van der Waals surface area contributed by atoms with E-state index in [1.54, 1.807) is 35.6 Å². The number of phenols is 2. The molecule has 1 unspecified atom stereocenters. The number of benzene rings is 4. The van der Waals surface area contributed by atoms with Crippen molar-refractivity contribution in [2.75, 3.05) is 25.6 Å². The van der Waals surface area contributed by atoms with Crippen LogP contribution in [0.15, 0.2) is 103 Å². The van der Waals surface area contributed by atoms with E-state index < -0.39 is 23.6 Å². The van der Waals surface area contributed by atoms with Gasteiger partial charge in [-0.25, -0.2) is 4.98 Å². The zero-order valence-electron chi connectivity index (χ0n) is 45.5. The highest BCUT2D eigenvalue weighted by Crippen LogP contribution is 2.37. The number of carbonyl (C=O) groups is 4. The molecule has 0 aliphatic carbocycles. The Morgan fingerprint density at radius 1 is 0.714 bits per heavy atom. The van der Waals surface area contributed by atoms with Crippen LogP contribution in [0.5, 0.6) is 17.2 Å². The number of aromatic nitrogens is 1. The monoisotopic (exact) mass is 1090 g/mol. The molecule has 4 aromatic carbocycles. The molecule has 1 aromatic heterocycles. The Labute approximate surface area is 464 Å². The molecule has 1 saturated heterocycles. The molecular formula is C62H80ClN5O8S. The number of thiazole rings is 1. The van der Waals surface area contributed by atoms with Crippen LogP contribution in [-0.4, -0.2) is 92.6 Å². The summed E-state index contributed by atoms with van der Waals surface area (Å²) < 4.78 is 5.97. The molecule has 6 N–H and O–H groups in total. The van der Waals surface area contributed by atoms with Gasteiger partial charge in [0.2, 0.25) is 23.6 Å². The van der Waals surface area contributed by atoms with E-state index in [1.165, 1.54) is 24.2 Å². The molecule has 4 amide bonds. The minimum Gasteiger partial charge on any atom is -0.508 e. The van der Waals surface area contributed by atoms with Crippen molar-refractivity contribution in [2.45, 2.75) is 155 Å². The van der Waals surface area contributed by atoms with Crippen molar-refractivity contribution < 1.29 is 39.2 Å². The Hall–Kier alpha value is -6.22. The van der Waals surface area contributed by atoms with Gasteiger partial charge >= 0.3 is 0 Å². The average molecular weight is 1090 g/mol. The molecule has 1 aliphatic rings. The van der Waals surface area contributed by atoms with Crippen molar-refractivity contribution in [1.82, 2.24) is 25.8 Å². The van der Waals surface area contributed by atoms with Crippen LogP contribution < -0.4 is 20.7 Å². The zero-order valence-corrected chi connectivity index (χ0v) is 47.0. The van der Waals surface area contributed by atoms with Gasteiger partial charge < -0.3 is 40.9 Å². The summed E-state index contributed by atoms with van der Waals surface area (Å²) in [6.07, 6.45) is 13.5. The molecular weight excluding hydrogens is 1010 g/mol. The predicted octanol–water partition coefficient (Wildman–Crippen LogP) is 11.9. The van der Waals surface area contributed by atoms with E-state index in [9.17, 15) is 34.5 Å². The number of likely N-dealkylation sites (tertiary alicyclic amines) is 1. The maximum Gasteiger partial charge on any atom is 0.246 e. The Bertz CT molecular complexity index is 2670. The Morgan fingerprint density at radius 2 is 1.25 bits per heavy atom. The first-order valence-electron chi connectivity index (χ1n) is 27.5. The van der Waals surface area contributed by atoms with Crippen LogP contribution in [0.1, 0.15) is 151 Å². The molecule has 0 bridgehead atoms. The fourth-order valence-electron chi connectivity index (χ4n) is 9.83. The smallest absolute Gasteiger partial charge is 0.246 e. The molecule has 414 valence electrons. The van der Waals surface area contributed by atoms with Crippen LogP contribution >= 0.6 is 22.9 Å². The van der Waals surface area contributed by atoms with Gasteiger partial charge in [0.15, 0.2) is 0 Å². The molecule has 13 nitrogen and oxygen atoms in total. The molecule has 2 heterocycles. The van der Waals surface area contributed by atoms with Crippen LogP contribution in [0.3, 0.4) is 0 Å². The van der Waals surface area contributed by atoms with E-state index in [2.05, 4.69) is 20.9 Å². The highest BCUT2D eigenvalue weighted by atomic mass is 35.5. The number of alkyl halides is 1. The number of amides is 4. The summed E-state index contributed by atoms with van der Waals surface area (Å²) >= 11 is 7.87. The lowest BCUT2D eigenvalue weighted by atomic mass is 9.85. The molecule has 77 heavy (non-hydrogen) atoms. The molecule has 1 aliphatic heterocycles. The number of aromatic hydroxyl groups is 2. The molecule has 3 atom stereocenters. The number of rotatable bonds is 30. The van der Waals surface area contributed by atoms with Crippen LogP contribution in [0, 0.1) is 12.3 Å². The van der Waals surface area contributed by atoms with E-state index >= 15 is 0 Å². The summed E-state index contributed by atoms with van der Waals surface area (Å²) in [7, 11) is 0. The minimum absolute atomic E-state index is 0.0335. The third-order valence-corrected chi connectivity index (χ3v) is 15.3. The number of hydrogen-bond acceptors (Lipinski definition) is 10. The van der Waals surface area contributed by atoms with Crippen molar-refractivity contribution in [2.24, 2.45) is 5.41 Å². The number of allylic oxidation sites excluding steroid dienone is 1. The lowest BCUT2D eigenvalue weighted by Gasteiger charge is -2.35. The van der Waals surface area contributed by atoms with E-state index in [1.807, 2.05) is 106 Å². The first-order chi connectivity index (χ1) is 37.1. The lowest BCUT2D eigenvalue weighted by molar-refractivity contribution is -0.144. The maximum absolute atomic E-state index is 14.0. The second-order valence-corrected chi connectivity index (χ2v) is 22.5. The summed E-state index contributed by atoms with van der Waals surface area (Å²) in [6.45, 7) is 8.76. The van der Waals surface area contributed by atoms with Gasteiger partial charge in [-0.1, -0.05) is 146 Å². The highest BCUT2D eigenvalue weighted by molar-refractivity contribution is 7.13. The van der Waals surface area contributed by atoms with Gasteiger partial charge in [0, 0.05) is 38.2 Å². The Morgan fingerprint density at radius 3 is 1.78 bits per heavy atom.